The second-order valence-electron chi connectivity index (χ2n) is 4.86. The quantitative estimate of drug-likeness (QED) is 0.867. The van der Waals surface area contributed by atoms with E-state index in [0.29, 0.717) is 17.1 Å². The third kappa shape index (κ3) is 3.97. The molecule has 112 valence electrons. The van der Waals surface area contributed by atoms with Crippen molar-refractivity contribution >= 4 is 5.82 Å². The smallest absolute Gasteiger partial charge is 0.159 e. The highest BCUT2D eigenvalue weighted by molar-refractivity contribution is 5.62. The van der Waals surface area contributed by atoms with Crippen LogP contribution < -0.4 is 5.32 Å². The number of aryl methyl sites for hydroxylation is 1. The number of rotatable bonds is 6. The Hall–Kier alpha value is -2.04. The zero-order valence-corrected chi connectivity index (χ0v) is 12.3. The highest BCUT2D eigenvalue weighted by Crippen LogP contribution is 2.22. The van der Waals surface area contributed by atoms with Crippen molar-refractivity contribution in [3.63, 3.8) is 0 Å². The summed E-state index contributed by atoms with van der Waals surface area (Å²) in [6, 6.07) is 5.57. The Kier molecular flexibility index (Phi) is 5.20. The second kappa shape index (κ2) is 7.11. The highest BCUT2D eigenvalue weighted by atomic mass is 19.2. The minimum Gasteiger partial charge on any atom is -0.370 e. The zero-order chi connectivity index (χ0) is 15.2. The van der Waals surface area contributed by atoms with Crippen LogP contribution in [0.5, 0.6) is 0 Å². The molecule has 0 aliphatic heterocycles. The summed E-state index contributed by atoms with van der Waals surface area (Å²) in [4.78, 5) is 8.87. The maximum atomic E-state index is 13.4. The van der Waals surface area contributed by atoms with Gasteiger partial charge in [-0.15, -0.1) is 0 Å². The lowest BCUT2D eigenvalue weighted by molar-refractivity contribution is 0.509. The third-order valence-electron chi connectivity index (χ3n) is 3.02. The van der Waals surface area contributed by atoms with Crippen LogP contribution >= 0.6 is 0 Å². The maximum Gasteiger partial charge on any atom is 0.159 e. The van der Waals surface area contributed by atoms with Crippen LogP contribution in [-0.2, 0) is 6.42 Å². The average Bonchev–Trinajstić information content (AvgIpc) is 2.48. The van der Waals surface area contributed by atoms with Crippen molar-refractivity contribution in [1.29, 1.82) is 0 Å². The van der Waals surface area contributed by atoms with Crippen LogP contribution in [0.25, 0.3) is 11.3 Å². The van der Waals surface area contributed by atoms with E-state index >= 15 is 0 Å². The topological polar surface area (TPSA) is 37.8 Å². The van der Waals surface area contributed by atoms with E-state index in [2.05, 4.69) is 22.2 Å². The first-order valence-corrected chi connectivity index (χ1v) is 7.21. The van der Waals surface area contributed by atoms with Crippen LogP contribution in [0.1, 0.15) is 32.5 Å². The average molecular weight is 291 g/mol. The van der Waals surface area contributed by atoms with E-state index in [1.165, 1.54) is 6.07 Å². The summed E-state index contributed by atoms with van der Waals surface area (Å²) in [6.45, 7) is 4.92. The van der Waals surface area contributed by atoms with Crippen molar-refractivity contribution in [2.24, 2.45) is 0 Å². The van der Waals surface area contributed by atoms with Crippen molar-refractivity contribution in [2.75, 3.05) is 11.9 Å². The minimum atomic E-state index is -0.869. The molecular weight excluding hydrogens is 272 g/mol. The molecule has 0 unspecified atom stereocenters. The third-order valence-corrected chi connectivity index (χ3v) is 3.02. The van der Waals surface area contributed by atoms with Gasteiger partial charge in [0.25, 0.3) is 0 Å². The molecule has 1 heterocycles. The summed E-state index contributed by atoms with van der Waals surface area (Å²) in [5.74, 6) is -0.300. The SMILES string of the molecule is CCCNc1cc(-c2ccc(F)c(F)c2)nc(CCC)n1. The fourth-order valence-corrected chi connectivity index (χ4v) is 1.98. The first-order valence-electron chi connectivity index (χ1n) is 7.21. The predicted molar refractivity (Wildman–Crippen MR) is 80.2 cm³/mol. The van der Waals surface area contributed by atoms with Crippen LogP contribution in [0, 0.1) is 11.6 Å². The first kappa shape index (κ1) is 15.4. The van der Waals surface area contributed by atoms with Crippen LogP contribution in [0.15, 0.2) is 24.3 Å². The number of anilines is 1. The number of aromatic nitrogens is 2. The summed E-state index contributed by atoms with van der Waals surface area (Å²) in [7, 11) is 0. The first-order chi connectivity index (χ1) is 10.1. The lowest BCUT2D eigenvalue weighted by atomic mass is 10.1. The molecule has 21 heavy (non-hydrogen) atoms. The highest BCUT2D eigenvalue weighted by Gasteiger charge is 2.09. The van der Waals surface area contributed by atoms with Crippen LogP contribution in [0.2, 0.25) is 0 Å². The Morgan fingerprint density at radius 3 is 2.48 bits per heavy atom. The van der Waals surface area contributed by atoms with Crippen LogP contribution in [0.3, 0.4) is 0 Å². The van der Waals surface area contributed by atoms with E-state index in [-0.39, 0.29) is 0 Å². The van der Waals surface area contributed by atoms with Gasteiger partial charge in [0.1, 0.15) is 11.6 Å². The molecule has 2 aromatic rings. The number of benzene rings is 1. The van der Waals surface area contributed by atoms with Gasteiger partial charge in [-0.2, -0.15) is 0 Å². The summed E-state index contributed by atoms with van der Waals surface area (Å²) in [5.41, 5.74) is 1.15. The lowest BCUT2D eigenvalue weighted by Crippen LogP contribution is -2.06. The van der Waals surface area contributed by atoms with Crippen molar-refractivity contribution < 1.29 is 8.78 Å². The molecule has 0 spiro atoms. The van der Waals surface area contributed by atoms with Gasteiger partial charge in [0.2, 0.25) is 0 Å². The molecule has 1 aromatic heterocycles. The standard InChI is InChI=1S/C16H19F2N3/c1-3-5-15-20-14(10-16(21-15)19-8-4-2)11-6-7-12(17)13(18)9-11/h6-7,9-10H,3-5,8H2,1-2H3,(H,19,20,21). The second-order valence-corrected chi connectivity index (χ2v) is 4.86. The summed E-state index contributed by atoms with van der Waals surface area (Å²) < 4.78 is 26.4. The Balaban J connectivity index is 2.40. The zero-order valence-electron chi connectivity index (χ0n) is 12.3. The largest absolute Gasteiger partial charge is 0.370 e. The van der Waals surface area contributed by atoms with Crippen molar-refractivity contribution in [3.05, 3.63) is 41.7 Å². The predicted octanol–water partition coefficient (Wildman–Crippen LogP) is 4.20. The van der Waals surface area contributed by atoms with Gasteiger partial charge in [0.05, 0.1) is 5.69 Å². The molecule has 0 radical (unpaired) electrons. The molecule has 0 saturated carbocycles. The number of hydrogen-bond acceptors (Lipinski definition) is 3. The summed E-state index contributed by atoms with van der Waals surface area (Å²) >= 11 is 0. The van der Waals surface area contributed by atoms with Gasteiger partial charge in [0.15, 0.2) is 11.6 Å². The Morgan fingerprint density at radius 1 is 1.00 bits per heavy atom. The summed E-state index contributed by atoms with van der Waals surface area (Å²) in [5, 5.41) is 3.21. The van der Waals surface area contributed by atoms with E-state index in [1.807, 2.05) is 6.92 Å². The molecular formula is C16H19F2N3. The fraction of sp³-hybridized carbons (Fsp3) is 0.375. The van der Waals surface area contributed by atoms with Crippen LogP contribution in [0.4, 0.5) is 14.6 Å². The fourth-order valence-electron chi connectivity index (χ4n) is 1.98. The number of halogens is 2. The molecule has 0 bridgehead atoms. The Labute approximate surface area is 123 Å². The van der Waals surface area contributed by atoms with E-state index in [4.69, 9.17) is 0 Å². The van der Waals surface area contributed by atoms with Gasteiger partial charge >= 0.3 is 0 Å². The molecule has 3 nitrogen and oxygen atoms in total. The van der Waals surface area contributed by atoms with Gasteiger partial charge in [-0.25, -0.2) is 18.7 Å². The summed E-state index contributed by atoms with van der Waals surface area (Å²) in [6.07, 6.45) is 2.65. The molecule has 0 fully saturated rings. The molecule has 1 aromatic carbocycles. The van der Waals surface area contributed by atoms with Gasteiger partial charge in [-0.3, -0.25) is 0 Å². The van der Waals surface area contributed by atoms with E-state index in [9.17, 15) is 8.78 Å². The molecule has 0 aliphatic rings. The van der Waals surface area contributed by atoms with E-state index in [0.717, 1.165) is 43.8 Å². The van der Waals surface area contributed by atoms with Gasteiger partial charge in [-0.05, 0) is 31.0 Å². The monoisotopic (exact) mass is 291 g/mol. The van der Waals surface area contributed by atoms with E-state index < -0.39 is 11.6 Å². The Bertz CT molecular complexity index is 614. The lowest BCUT2D eigenvalue weighted by Gasteiger charge is -2.09. The molecule has 5 heteroatoms. The van der Waals surface area contributed by atoms with Crippen molar-refractivity contribution in [2.45, 2.75) is 33.1 Å². The van der Waals surface area contributed by atoms with Crippen molar-refractivity contribution in [1.82, 2.24) is 9.97 Å². The van der Waals surface area contributed by atoms with Crippen LogP contribution in [-0.4, -0.2) is 16.5 Å². The van der Waals surface area contributed by atoms with Crippen molar-refractivity contribution in [3.8, 4) is 11.3 Å². The minimum absolute atomic E-state index is 0.549. The molecule has 0 aliphatic carbocycles. The van der Waals surface area contributed by atoms with Gasteiger partial charge in [0, 0.05) is 24.6 Å². The van der Waals surface area contributed by atoms with E-state index in [1.54, 1.807) is 6.07 Å². The molecule has 0 atom stereocenters. The van der Waals surface area contributed by atoms with Gasteiger partial charge < -0.3 is 5.32 Å². The normalized spacial score (nSPS) is 10.7. The van der Waals surface area contributed by atoms with Gasteiger partial charge in [-0.1, -0.05) is 13.8 Å². The Morgan fingerprint density at radius 2 is 1.81 bits per heavy atom. The number of nitrogens with one attached hydrogen (secondary N) is 1. The maximum absolute atomic E-state index is 13.4. The molecule has 0 saturated heterocycles. The number of nitrogens with zero attached hydrogens (tertiary/aromatic N) is 2. The molecule has 0 amide bonds. The number of hydrogen-bond donors (Lipinski definition) is 1. The molecule has 2 rings (SSSR count). The molecule has 1 N–H and O–H groups in total.